The van der Waals surface area contributed by atoms with Gasteiger partial charge in [0.15, 0.2) is 0 Å². The van der Waals surface area contributed by atoms with Crippen molar-refractivity contribution in [3.63, 3.8) is 0 Å². The van der Waals surface area contributed by atoms with Crippen LogP contribution >= 0.6 is 0 Å². The summed E-state index contributed by atoms with van der Waals surface area (Å²) in [5.41, 5.74) is 0.749. The van der Waals surface area contributed by atoms with Crippen LogP contribution in [0.3, 0.4) is 0 Å². The summed E-state index contributed by atoms with van der Waals surface area (Å²) in [6, 6.07) is 9.60. The fourth-order valence-electron chi connectivity index (χ4n) is 5.47. The molecule has 202 valence electrons. The van der Waals surface area contributed by atoms with Crippen LogP contribution < -0.4 is 4.74 Å². The molecule has 0 saturated heterocycles. The minimum absolute atomic E-state index is 0.0550. The zero-order valence-electron chi connectivity index (χ0n) is 23.3. The molecule has 0 spiro atoms. The van der Waals surface area contributed by atoms with E-state index in [0.29, 0.717) is 39.7 Å². The van der Waals surface area contributed by atoms with E-state index < -0.39 is 5.54 Å². The molecule has 2 heterocycles. The number of amides is 4. The van der Waals surface area contributed by atoms with E-state index >= 15 is 0 Å². The topological polar surface area (TPSA) is 84.0 Å². The first-order chi connectivity index (χ1) is 18.0. The molecule has 5 rings (SSSR count). The van der Waals surface area contributed by atoms with Crippen molar-refractivity contribution in [1.82, 2.24) is 9.80 Å². The van der Waals surface area contributed by atoms with Gasteiger partial charge in [-0.2, -0.15) is 0 Å². The lowest BCUT2D eigenvalue weighted by Crippen LogP contribution is -2.45. The average Bonchev–Trinajstić information content (AvgIpc) is 3.28. The van der Waals surface area contributed by atoms with Gasteiger partial charge in [-0.05, 0) is 88.8 Å². The van der Waals surface area contributed by atoms with Crippen molar-refractivity contribution in [1.29, 1.82) is 0 Å². The molecule has 7 heteroatoms. The second kappa shape index (κ2) is 10.7. The second-order valence-corrected chi connectivity index (χ2v) is 11.4. The third-order valence-electron chi connectivity index (χ3n) is 7.41. The van der Waals surface area contributed by atoms with E-state index in [9.17, 15) is 19.2 Å². The van der Waals surface area contributed by atoms with Crippen LogP contribution in [-0.4, -0.2) is 45.0 Å². The normalized spacial score (nSPS) is 20.8. The van der Waals surface area contributed by atoms with Gasteiger partial charge in [0.25, 0.3) is 23.6 Å². The maximum absolute atomic E-state index is 13.2. The summed E-state index contributed by atoms with van der Waals surface area (Å²) < 4.78 is 5.96. The Morgan fingerprint density at radius 1 is 0.711 bits per heavy atom. The van der Waals surface area contributed by atoms with Crippen molar-refractivity contribution < 1.29 is 23.9 Å². The number of imide groups is 2. The van der Waals surface area contributed by atoms with Gasteiger partial charge in [-0.15, -0.1) is 0 Å². The van der Waals surface area contributed by atoms with Gasteiger partial charge in [0.05, 0.1) is 22.3 Å². The van der Waals surface area contributed by atoms with Crippen LogP contribution in [-0.2, 0) is 0 Å². The van der Waals surface area contributed by atoms with Gasteiger partial charge in [-0.3, -0.25) is 29.0 Å². The molecule has 0 radical (unpaired) electrons. The number of ether oxygens (including phenoxy) is 1. The number of benzene rings is 2. The van der Waals surface area contributed by atoms with Gasteiger partial charge < -0.3 is 4.74 Å². The number of hydrogen-bond donors (Lipinski definition) is 0. The lowest BCUT2D eigenvalue weighted by atomic mass is 9.84. The maximum atomic E-state index is 13.2. The van der Waals surface area contributed by atoms with Crippen molar-refractivity contribution in [2.24, 2.45) is 5.92 Å². The van der Waals surface area contributed by atoms with Crippen molar-refractivity contribution >= 4 is 23.6 Å². The van der Waals surface area contributed by atoms with Crippen LogP contribution in [0.2, 0.25) is 0 Å². The summed E-state index contributed by atoms with van der Waals surface area (Å²) in [6.07, 6.45) is 6.15. The van der Waals surface area contributed by atoms with Gasteiger partial charge in [-0.25, -0.2) is 0 Å². The molecular weight excluding hydrogens is 480 g/mol. The van der Waals surface area contributed by atoms with Crippen LogP contribution in [0.5, 0.6) is 11.5 Å². The van der Waals surface area contributed by atoms with E-state index in [1.807, 2.05) is 20.8 Å². The smallest absolute Gasteiger partial charge is 0.262 e. The first kappa shape index (κ1) is 27.6. The second-order valence-electron chi connectivity index (χ2n) is 11.4. The summed E-state index contributed by atoms with van der Waals surface area (Å²) in [6.45, 7) is 11.9. The summed E-state index contributed by atoms with van der Waals surface area (Å²) >= 11 is 0. The first-order valence-electron chi connectivity index (χ1n) is 13.7. The molecule has 0 aromatic heterocycles. The number of carbonyl (C=O) groups is 4. The van der Waals surface area contributed by atoms with Gasteiger partial charge in [0.1, 0.15) is 11.5 Å². The van der Waals surface area contributed by atoms with Crippen LogP contribution in [0.15, 0.2) is 36.4 Å². The summed E-state index contributed by atoms with van der Waals surface area (Å²) in [5, 5.41) is 0. The molecule has 1 saturated carbocycles. The molecule has 1 aliphatic carbocycles. The molecule has 1 fully saturated rings. The number of hydrogen-bond acceptors (Lipinski definition) is 5. The first-order valence-corrected chi connectivity index (χ1v) is 13.7. The van der Waals surface area contributed by atoms with Gasteiger partial charge >= 0.3 is 0 Å². The number of rotatable bonds is 4. The zero-order valence-corrected chi connectivity index (χ0v) is 23.3. The Labute approximate surface area is 225 Å². The molecule has 2 aromatic rings. The van der Waals surface area contributed by atoms with Crippen LogP contribution in [0.1, 0.15) is 121 Å². The van der Waals surface area contributed by atoms with E-state index in [2.05, 4.69) is 20.8 Å². The Morgan fingerprint density at radius 3 is 1.66 bits per heavy atom. The molecule has 2 aromatic carbocycles. The van der Waals surface area contributed by atoms with Gasteiger partial charge in [0, 0.05) is 11.6 Å². The monoisotopic (exact) mass is 518 g/mol. The highest BCUT2D eigenvalue weighted by atomic mass is 16.5. The Bertz CT molecular complexity index is 1270. The van der Waals surface area contributed by atoms with E-state index in [0.717, 1.165) is 32.1 Å². The van der Waals surface area contributed by atoms with E-state index in [4.69, 9.17) is 4.74 Å². The fourth-order valence-corrected chi connectivity index (χ4v) is 5.47. The standard InChI is InChI=1S/C28H30N2O5.C3H8/c1-5-16-6-8-17(9-7-16)29-24(31)20-12-10-18(14-22(20)25(29)32)35-19-11-13-21-23(15-19)27(34)30(26(21)33)28(2,3)4;1-3-2/h10-17H,5-9H2,1-4H3;3H2,1-2H3. The van der Waals surface area contributed by atoms with Crippen molar-refractivity contribution in [2.75, 3.05) is 0 Å². The molecule has 3 aliphatic rings. The number of carbonyl (C=O) groups excluding carboxylic acids is 4. The largest absolute Gasteiger partial charge is 0.457 e. The third-order valence-corrected chi connectivity index (χ3v) is 7.41. The molecule has 0 unspecified atom stereocenters. The highest BCUT2D eigenvalue weighted by molar-refractivity contribution is 6.22. The van der Waals surface area contributed by atoms with Crippen LogP contribution in [0.25, 0.3) is 0 Å². The van der Waals surface area contributed by atoms with Crippen molar-refractivity contribution in [3.8, 4) is 11.5 Å². The average molecular weight is 519 g/mol. The van der Waals surface area contributed by atoms with Crippen molar-refractivity contribution in [3.05, 3.63) is 58.7 Å². The van der Waals surface area contributed by atoms with E-state index in [1.54, 1.807) is 36.4 Å². The predicted octanol–water partition coefficient (Wildman–Crippen LogP) is 6.85. The third kappa shape index (κ3) is 4.98. The predicted molar refractivity (Wildman–Crippen MR) is 146 cm³/mol. The molecule has 4 amide bonds. The minimum atomic E-state index is -0.636. The Balaban J connectivity index is 0.00000107. The molecule has 0 atom stereocenters. The zero-order chi connectivity index (χ0) is 27.8. The quantitative estimate of drug-likeness (QED) is 0.413. The summed E-state index contributed by atoms with van der Waals surface area (Å²) in [5.74, 6) is 0.264. The molecule has 2 aliphatic heterocycles. The van der Waals surface area contributed by atoms with Crippen molar-refractivity contribution in [2.45, 2.75) is 91.6 Å². The van der Waals surface area contributed by atoms with Crippen LogP contribution in [0, 0.1) is 5.92 Å². The number of nitrogens with zero attached hydrogens (tertiary/aromatic N) is 2. The summed E-state index contributed by atoms with van der Waals surface area (Å²) in [7, 11) is 0. The SMILES string of the molecule is CCC.CCC1CCC(N2C(=O)c3ccc(Oc4ccc5c(c4)C(=O)N(C(C)(C)C)C5=O)cc3C2=O)CC1. The lowest BCUT2D eigenvalue weighted by Gasteiger charge is -2.33. The molecule has 38 heavy (non-hydrogen) atoms. The Kier molecular flexibility index (Phi) is 7.77. The van der Waals surface area contributed by atoms with Gasteiger partial charge in [-0.1, -0.05) is 33.6 Å². The molecule has 0 bridgehead atoms. The van der Waals surface area contributed by atoms with Gasteiger partial charge in [0.2, 0.25) is 0 Å². The Morgan fingerprint density at radius 2 is 1.16 bits per heavy atom. The van der Waals surface area contributed by atoms with E-state index in [1.165, 1.54) is 16.2 Å². The van der Waals surface area contributed by atoms with Crippen LogP contribution in [0.4, 0.5) is 0 Å². The molecular formula is C31H38N2O5. The highest BCUT2D eigenvalue weighted by Crippen LogP contribution is 2.37. The molecule has 7 nitrogen and oxygen atoms in total. The fraction of sp³-hybridized carbons (Fsp3) is 0.484. The minimum Gasteiger partial charge on any atom is -0.457 e. The number of fused-ring (bicyclic) bond motifs is 2. The molecule has 0 N–H and O–H groups in total. The van der Waals surface area contributed by atoms with E-state index in [-0.39, 0.29) is 29.7 Å². The summed E-state index contributed by atoms with van der Waals surface area (Å²) in [4.78, 5) is 54.5. The lowest BCUT2D eigenvalue weighted by molar-refractivity contribution is 0.0499. The highest BCUT2D eigenvalue weighted by Gasteiger charge is 2.43. The Hall–Kier alpha value is -3.48. The maximum Gasteiger partial charge on any atom is 0.262 e.